The van der Waals surface area contributed by atoms with Crippen LogP contribution < -0.4 is 5.73 Å². The zero-order chi connectivity index (χ0) is 13.3. The Bertz CT molecular complexity index is 548. The minimum absolute atomic E-state index is 0.258. The van der Waals surface area contributed by atoms with Crippen LogP contribution >= 0.6 is 38.5 Å². The number of anilines is 1. The molecule has 0 spiro atoms. The van der Waals surface area contributed by atoms with Crippen molar-refractivity contribution in [2.24, 2.45) is 0 Å². The van der Waals surface area contributed by atoms with E-state index in [0.717, 1.165) is 26.0 Å². The topological polar surface area (TPSA) is 43.8 Å². The smallest absolute Gasteiger partial charge is 0.135 e. The molecule has 3 nitrogen and oxygen atoms in total. The molecule has 0 bridgehead atoms. The fraction of sp³-hybridized carbons (Fsp3) is 0.308. The molecule has 1 unspecified atom stereocenters. The van der Waals surface area contributed by atoms with Crippen molar-refractivity contribution in [1.82, 2.24) is 9.78 Å². The van der Waals surface area contributed by atoms with Gasteiger partial charge in [-0.25, -0.2) is 4.68 Å². The lowest BCUT2D eigenvalue weighted by Crippen LogP contribution is -2.13. The van der Waals surface area contributed by atoms with Gasteiger partial charge < -0.3 is 5.73 Å². The van der Waals surface area contributed by atoms with Gasteiger partial charge in [-0.05, 0) is 60.6 Å². The molecule has 0 aliphatic rings. The summed E-state index contributed by atoms with van der Waals surface area (Å²) in [5, 5.41) is 4.50. The Kier molecular flexibility index (Phi) is 4.32. The molecule has 0 aliphatic heterocycles. The molecule has 0 fully saturated rings. The number of hydrogen-bond acceptors (Lipinski definition) is 2. The maximum absolute atomic E-state index is 6.07. The summed E-state index contributed by atoms with van der Waals surface area (Å²) in [6.45, 7) is 4.13. The van der Waals surface area contributed by atoms with E-state index in [1.54, 1.807) is 0 Å². The lowest BCUT2D eigenvalue weighted by atomic mass is 10.1. The lowest BCUT2D eigenvalue weighted by molar-refractivity contribution is 0.493. The molecule has 2 rings (SSSR count). The van der Waals surface area contributed by atoms with Crippen LogP contribution in [0.25, 0.3) is 0 Å². The monoisotopic (exact) mass is 419 g/mol. The van der Waals surface area contributed by atoms with Crippen molar-refractivity contribution in [3.8, 4) is 0 Å². The van der Waals surface area contributed by atoms with E-state index in [9.17, 15) is 0 Å². The van der Waals surface area contributed by atoms with Crippen molar-refractivity contribution in [2.45, 2.75) is 26.3 Å². The molecule has 1 heterocycles. The number of aryl methyl sites for hydroxylation is 1. The Balaban J connectivity index is 2.19. The van der Waals surface area contributed by atoms with Crippen LogP contribution in [0.3, 0.4) is 0 Å². The SMILES string of the molecule is Cc1nn(C(C)Cc2ccc(Br)cc2)c(N)c1I. The van der Waals surface area contributed by atoms with Crippen LogP contribution in [0.2, 0.25) is 0 Å². The van der Waals surface area contributed by atoms with E-state index < -0.39 is 0 Å². The Morgan fingerprint density at radius 1 is 1.39 bits per heavy atom. The van der Waals surface area contributed by atoms with Gasteiger partial charge in [0.15, 0.2) is 0 Å². The Labute approximate surface area is 129 Å². The number of nitrogen functional groups attached to an aromatic ring is 1. The third-order valence-corrected chi connectivity index (χ3v) is 4.77. The van der Waals surface area contributed by atoms with Gasteiger partial charge in [0.1, 0.15) is 5.82 Å². The summed E-state index contributed by atoms with van der Waals surface area (Å²) < 4.78 is 4.07. The first kappa shape index (κ1) is 13.9. The number of halogens is 2. The van der Waals surface area contributed by atoms with E-state index in [4.69, 9.17) is 5.73 Å². The van der Waals surface area contributed by atoms with Gasteiger partial charge in [0.05, 0.1) is 15.3 Å². The second kappa shape index (κ2) is 5.61. The Morgan fingerprint density at radius 2 is 2.00 bits per heavy atom. The molecule has 1 aromatic carbocycles. The Morgan fingerprint density at radius 3 is 2.50 bits per heavy atom. The summed E-state index contributed by atoms with van der Waals surface area (Å²) in [6.07, 6.45) is 0.925. The molecule has 0 radical (unpaired) electrons. The number of rotatable bonds is 3. The summed E-state index contributed by atoms with van der Waals surface area (Å²) in [5.41, 5.74) is 8.35. The molecule has 0 aliphatic carbocycles. The Hall–Kier alpha value is -0.560. The molecule has 18 heavy (non-hydrogen) atoms. The van der Waals surface area contributed by atoms with E-state index in [1.807, 2.05) is 11.6 Å². The van der Waals surface area contributed by atoms with Crippen LogP contribution in [0, 0.1) is 10.5 Å². The molecule has 1 aromatic heterocycles. The average Bonchev–Trinajstić information content (AvgIpc) is 2.60. The van der Waals surface area contributed by atoms with Gasteiger partial charge in [0.2, 0.25) is 0 Å². The van der Waals surface area contributed by atoms with Crippen LogP contribution in [0.15, 0.2) is 28.7 Å². The first-order valence-corrected chi connectivity index (χ1v) is 7.60. The first-order chi connectivity index (χ1) is 8.49. The number of nitrogens with zero attached hydrogens (tertiary/aromatic N) is 2. The van der Waals surface area contributed by atoms with Crippen LogP contribution in [-0.4, -0.2) is 9.78 Å². The molecule has 0 saturated heterocycles. The minimum Gasteiger partial charge on any atom is -0.383 e. The van der Waals surface area contributed by atoms with Crippen LogP contribution in [-0.2, 0) is 6.42 Å². The summed E-state index contributed by atoms with van der Waals surface area (Å²) in [5.74, 6) is 0.762. The lowest BCUT2D eigenvalue weighted by Gasteiger charge is -2.14. The highest BCUT2D eigenvalue weighted by molar-refractivity contribution is 14.1. The van der Waals surface area contributed by atoms with E-state index in [0.29, 0.717) is 0 Å². The molecule has 1 atom stereocenters. The third-order valence-electron chi connectivity index (χ3n) is 2.91. The molecule has 2 N–H and O–H groups in total. The number of benzene rings is 1. The van der Waals surface area contributed by atoms with Crippen molar-refractivity contribution in [3.05, 3.63) is 43.6 Å². The van der Waals surface area contributed by atoms with Gasteiger partial charge in [-0.3, -0.25) is 0 Å². The summed E-state index contributed by atoms with van der Waals surface area (Å²) in [6, 6.07) is 8.62. The molecule has 5 heteroatoms. The van der Waals surface area contributed by atoms with E-state index in [2.05, 4.69) is 74.8 Å². The molecule has 96 valence electrons. The molecule has 0 amide bonds. The van der Waals surface area contributed by atoms with Gasteiger partial charge in [-0.15, -0.1) is 0 Å². The third kappa shape index (κ3) is 2.88. The number of hydrogen-bond donors (Lipinski definition) is 1. The summed E-state index contributed by atoms with van der Waals surface area (Å²) >= 11 is 5.69. The van der Waals surface area contributed by atoms with E-state index in [-0.39, 0.29) is 6.04 Å². The van der Waals surface area contributed by atoms with Crippen molar-refractivity contribution < 1.29 is 0 Å². The maximum Gasteiger partial charge on any atom is 0.135 e. The normalized spacial score (nSPS) is 12.7. The second-order valence-corrected chi connectivity index (χ2v) is 6.40. The van der Waals surface area contributed by atoms with Gasteiger partial charge in [-0.1, -0.05) is 28.1 Å². The summed E-state index contributed by atoms with van der Waals surface area (Å²) in [7, 11) is 0. The van der Waals surface area contributed by atoms with Crippen molar-refractivity contribution in [3.63, 3.8) is 0 Å². The van der Waals surface area contributed by atoms with Crippen LogP contribution in [0.1, 0.15) is 24.2 Å². The zero-order valence-corrected chi connectivity index (χ0v) is 14.1. The van der Waals surface area contributed by atoms with Crippen molar-refractivity contribution in [2.75, 3.05) is 5.73 Å². The fourth-order valence-electron chi connectivity index (χ4n) is 1.93. The average molecular weight is 420 g/mol. The predicted molar refractivity (Wildman–Crippen MR) is 86.7 cm³/mol. The summed E-state index contributed by atoms with van der Waals surface area (Å²) in [4.78, 5) is 0. The largest absolute Gasteiger partial charge is 0.383 e. The fourth-order valence-corrected chi connectivity index (χ4v) is 2.55. The highest BCUT2D eigenvalue weighted by Crippen LogP contribution is 2.24. The molecular weight excluding hydrogens is 405 g/mol. The van der Waals surface area contributed by atoms with E-state index >= 15 is 0 Å². The first-order valence-electron chi connectivity index (χ1n) is 5.73. The van der Waals surface area contributed by atoms with Crippen molar-refractivity contribution >= 4 is 44.3 Å². The standard InChI is InChI=1S/C13H15BrIN3/c1-8(7-10-3-5-11(14)6-4-10)18-13(16)12(15)9(2)17-18/h3-6,8H,7,16H2,1-2H3. The minimum atomic E-state index is 0.258. The van der Waals surface area contributed by atoms with Gasteiger partial charge >= 0.3 is 0 Å². The second-order valence-electron chi connectivity index (χ2n) is 4.41. The predicted octanol–water partition coefficient (Wildman–Crippen LogP) is 3.94. The van der Waals surface area contributed by atoms with Gasteiger partial charge in [0.25, 0.3) is 0 Å². The van der Waals surface area contributed by atoms with E-state index in [1.165, 1.54) is 5.56 Å². The maximum atomic E-state index is 6.07. The zero-order valence-electron chi connectivity index (χ0n) is 10.3. The number of aromatic nitrogens is 2. The van der Waals surface area contributed by atoms with Crippen molar-refractivity contribution in [1.29, 1.82) is 0 Å². The molecular formula is C13H15BrIN3. The van der Waals surface area contributed by atoms with Gasteiger partial charge in [-0.2, -0.15) is 5.10 Å². The quantitative estimate of drug-likeness (QED) is 0.765. The molecule has 2 aromatic rings. The highest BCUT2D eigenvalue weighted by Gasteiger charge is 2.15. The van der Waals surface area contributed by atoms with Gasteiger partial charge in [0, 0.05) is 4.47 Å². The van der Waals surface area contributed by atoms with Crippen LogP contribution in [0.4, 0.5) is 5.82 Å². The molecule has 0 saturated carbocycles. The number of nitrogens with two attached hydrogens (primary N) is 1. The highest BCUT2D eigenvalue weighted by atomic mass is 127. The van der Waals surface area contributed by atoms with Crippen LogP contribution in [0.5, 0.6) is 0 Å².